The number of benzene rings is 1. The Hall–Kier alpha value is -2.82. The van der Waals surface area contributed by atoms with Crippen LogP contribution in [0.25, 0.3) is 0 Å². The molecular weight excluding hydrogens is 338 g/mol. The van der Waals surface area contributed by atoms with Crippen molar-refractivity contribution in [3.8, 4) is 6.07 Å². The van der Waals surface area contributed by atoms with Crippen molar-refractivity contribution >= 4 is 5.91 Å². The van der Waals surface area contributed by atoms with Gasteiger partial charge in [-0.15, -0.1) is 0 Å². The molecule has 130 valence electrons. The summed E-state index contributed by atoms with van der Waals surface area (Å²) >= 11 is 0. The molecule has 4 nitrogen and oxygen atoms in total. The minimum absolute atomic E-state index is 0.0516. The SMILES string of the molecule is CC1=C(C#N)C(c2ccc(F)c(C(F)(F)F)c2)C2=C(CCNC2=O)N1. The first kappa shape index (κ1) is 17.0. The van der Waals surface area contributed by atoms with Crippen molar-refractivity contribution in [2.75, 3.05) is 6.54 Å². The molecule has 0 aliphatic carbocycles. The Bertz CT molecular complexity index is 862. The van der Waals surface area contributed by atoms with Crippen LogP contribution in [0.1, 0.15) is 30.4 Å². The van der Waals surface area contributed by atoms with E-state index >= 15 is 0 Å². The number of hydrogen-bond acceptors (Lipinski definition) is 3. The fourth-order valence-electron chi connectivity index (χ4n) is 3.18. The third kappa shape index (κ3) is 2.86. The van der Waals surface area contributed by atoms with Crippen LogP contribution < -0.4 is 10.6 Å². The second kappa shape index (κ2) is 5.92. The summed E-state index contributed by atoms with van der Waals surface area (Å²) in [5.74, 6) is -2.81. The zero-order valence-electron chi connectivity index (χ0n) is 13.1. The van der Waals surface area contributed by atoms with E-state index in [0.29, 0.717) is 36.5 Å². The molecule has 2 aliphatic rings. The summed E-state index contributed by atoms with van der Waals surface area (Å²) in [6, 6.07) is 4.52. The minimum atomic E-state index is -4.87. The Morgan fingerprint density at radius 3 is 2.68 bits per heavy atom. The standard InChI is InChI=1S/C17H13F4N3O/c1-8-10(7-22)14(15-13(24-8)4-5-23-16(15)25)9-2-3-12(18)11(6-9)17(19,20)21/h2-3,6,14,24H,4-5H2,1H3,(H,23,25). The van der Waals surface area contributed by atoms with Crippen LogP contribution >= 0.6 is 0 Å². The number of alkyl halides is 3. The van der Waals surface area contributed by atoms with Crippen LogP contribution in [0.5, 0.6) is 0 Å². The largest absolute Gasteiger partial charge is 0.419 e. The Balaban J connectivity index is 2.21. The van der Waals surface area contributed by atoms with E-state index in [1.807, 2.05) is 6.07 Å². The number of nitrogens with zero attached hydrogens (tertiary/aromatic N) is 1. The van der Waals surface area contributed by atoms with E-state index in [2.05, 4.69) is 10.6 Å². The van der Waals surface area contributed by atoms with Crippen LogP contribution in [0.3, 0.4) is 0 Å². The molecule has 0 bridgehead atoms. The Labute approximate surface area is 140 Å². The number of hydrogen-bond donors (Lipinski definition) is 2. The highest BCUT2D eigenvalue weighted by Gasteiger charge is 2.39. The van der Waals surface area contributed by atoms with Gasteiger partial charge in [0.1, 0.15) is 5.82 Å². The van der Waals surface area contributed by atoms with Gasteiger partial charge >= 0.3 is 6.18 Å². The number of halogens is 4. The molecule has 2 heterocycles. The number of allylic oxidation sites excluding steroid dienone is 2. The van der Waals surface area contributed by atoms with Crippen LogP contribution in [0.15, 0.2) is 40.7 Å². The molecule has 0 fully saturated rings. The molecule has 25 heavy (non-hydrogen) atoms. The zero-order valence-corrected chi connectivity index (χ0v) is 13.1. The first-order valence-electron chi connectivity index (χ1n) is 7.49. The predicted molar refractivity (Wildman–Crippen MR) is 80.2 cm³/mol. The van der Waals surface area contributed by atoms with Gasteiger partial charge in [0, 0.05) is 29.9 Å². The van der Waals surface area contributed by atoms with E-state index < -0.39 is 29.4 Å². The number of carbonyl (C=O) groups is 1. The molecule has 0 radical (unpaired) electrons. The van der Waals surface area contributed by atoms with Crippen molar-refractivity contribution < 1.29 is 22.4 Å². The zero-order chi connectivity index (χ0) is 18.4. The van der Waals surface area contributed by atoms with E-state index in [1.165, 1.54) is 6.07 Å². The van der Waals surface area contributed by atoms with E-state index in [9.17, 15) is 27.6 Å². The highest BCUT2D eigenvalue weighted by molar-refractivity contribution is 5.98. The first-order valence-corrected chi connectivity index (χ1v) is 7.49. The molecule has 3 rings (SSSR count). The van der Waals surface area contributed by atoms with Gasteiger partial charge < -0.3 is 10.6 Å². The van der Waals surface area contributed by atoms with Gasteiger partial charge in [-0.3, -0.25) is 4.79 Å². The topological polar surface area (TPSA) is 64.9 Å². The van der Waals surface area contributed by atoms with E-state index in [-0.39, 0.29) is 16.7 Å². The molecule has 1 atom stereocenters. The molecule has 2 N–H and O–H groups in total. The van der Waals surface area contributed by atoms with E-state index in [0.717, 1.165) is 0 Å². The Kier molecular flexibility index (Phi) is 4.03. The summed E-state index contributed by atoms with van der Waals surface area (Å²) in [6.07, 6.45) is -4.40. The van der Waals surface area contributed by atoms with Gasteiger partial charge in [0.05, 0.1) is 23.1 Å². The highest BCUT2D eigenvalue weighted by atomic mass is 19.4. The highest BCUT2D eigenvalue weighted by Crippen LogP contribution is 2.41. The number of dihydropyridines is 1. The monoisotopic (exact) mass is 351 g/mol. The van der Waals surface area contributed by atoms with Crippen molar-refractivity contribution in [2.45, 2.75) is 25.4 Å². The molecule has 8 heteroatoms. The molecule has 1 amide bonds. The quantitative estimate of drug-likeness (QED) is 0.764. The van der Waals surface area contributed by atoms with Crippen LogP contribution in [-0.2, 0) is 11.0 Å². The van der Waals surface area contributed by atoms with Crippen LogP contribution in [0.2, 0.25) is 0 Å². The molecule has 0 saturated carbocycles. The predicted octanol–water partition coefficient (Wildman–Crippen LogP) is 3.10. The minimum Gasteiger partial charge on any atom is -0.361 e. The molecule has 1 unspecified atom stereocenters. The van der Waals surface area contributed by atoms with Crippen LogP contribution in [-0.4, -0.2) is 12.5 Å². The summed E-state index contributed by atoms with van der Waals surface area (Å²) in [7, 11) is 0. The molecule has 1 aromatic rings. The third-order valence-electron chi connectivity index (χ3n) is 4.30. The number of amides is 1. The van der Waals surface area contributed by atoms with Gasteiger partial charge in [-0.2, -0.15) is 18.4 Å². The Morgan fingerprint density at radius 2 is 2.04 bits per heavy atom. The summed E-state index contributed by atoms with van der Waals surface area (Å²) < 4.78 is 52.7. The lowest BCUT2D eigenvalue weighted by Gasteiger charge is -2.33. The van der Waals surface area contributed by atoms with Gasteiger partial charge in [0.2, 0.25) is 5.91 Å². The molecule has 2 aliphatic heterocycles. The van der Waals surface area contributed by atoms with E-state index in [4.69, 9.17) is 0 Å². The number of rotatable bonds is 1. The third-order valence-corrected chi connectivity index (χ3v) is 4.30. The average molecular weight is 351 g/mol. The van der Waals surface area contributed by atoms with Gasteiger partial charge in [-0.25, -0.2) is 4.39 Å². The van der Waals surface area contributed by atoms with Crippen molar-refractivity contribution in [3.63, 3.8) is 0 Å². The lowest BCUT2D eigenvalue weighted by atomic mass is 9.78. The second-order valence-corrected chi connectivity index (χ2v) is 5.84. The second-order valence-electron chi connectivity index (χ2n) is 5.84. The molecular formula is C17H13F4N3O. The maximum absolute atomic E-state index is 13.6. The molecule has 0 spiro atoms. The maximum atomic E-state index is 13.6. The lowest BCUT2D eigenvalue weighted by Crippen LogP contribution is -2.40. The fraction of sp³-hybridized carbons (Fsp3) is 0.294. The van der Waals surface area contributed by atoms with Crippen molar-refractivity contribution in [3.05, 3.63) is 57.7 Å². The first-order chi connectivity index (χ1) is 11.7. The number of nitrogens with one attached hydrogen (secondary N) is 2. The average Bonchev–Trinajstić information content (AvgIpc) is 2.53. The van der Waals surface area contributed by atoms with Crippen LogP contribution in [0.4, 0.5) is 17.6 Å². The van der Waals surface area contributed by atoms with Gasteiger partial charge in [-0.05, 0) is 24.6 Å². The summed E-state index contributed by atoms with van der Waals surface area (Å²) in [5, 5.41) is 15.1. The number of carbonyl (C=O) groups excluding carboxylic acids is 1. The molecule has 0 aromatic heterocycles. The van der Waals surface area contributed by atoms with Crippen molar-refractivity contribution in [1.29, 1.82) is 5.26 Å². The van der Waals surface area contributed by atoms with Gasteiger partial charge in [0.25, 0.3) is 0 Å². The molecule has 1 aromatic carbocycles. The normalized spacial score (nSPS) is 20.6. The Morgan fingerprint density at radius 1 is 1.32 bits per heavy atom. The number of nitriles is 1. The molecule has 0 saturated heterocycles. The smallest absolute Gasteiger partial charge is 0.361 e. The van der Waals surface area contributed by atoms with Gasteiger partial charge in [-0.1, -0.05) is 6.07 Å². The van der Waals surface area contributed by atoms with Gasteiger partial charge in [0.15, 0.2) is 0 Å². The van der Waals surface area contributed by atoms with Crippen molar-refractivity contribution in [2.24, 2.45) is 0 Å². The summed E-state index contributed by atoms with van der Waals surface area (Å²) in [4.78, 5) is 12.3. The maximum Gasteiger partial charge on any atom is 0.419 e. The summed E-state index contributed by atoms with van der Waals surface area (Å²) in [6.45, 7) is 2.01. The van der Waals surface area contributed by atoms with E-state index in [1.54, 1.807) is 6.92 Å². The van der Waals surface area contributed by atoms with Crippen molar-refractivity contribution in [1.82, 2.24) is 10.6 Å². The van der Waals surface area contributed by atoms with Crippen LogP contribution in [0, 0.1) is 17.1 Å². The lowest BCUT2D eigenvalue weighted by molar-refractivity contribution is -0.140. The summed E-state index contributed by atoms with van der Waals surface area (Å²) in [5.41, 5.74) is 0.0122. The fourth-order valence-corrected chi connectivity index (χ4v) is 3.18.